The van der Waals surface area contributed by atoms with Gasteiger partial charge in [-0.3, -0.25) is 4.98 Å². The number of aromatic nitrogens is 1. The Labute approximate surface area is 207 Å². The number of benzene rings is 1. The Morgan fingerprint density at radius 3 is 2.32 bits per heavy atom. The number of pyridine rings is 1. The Morgan fingerprint density at radius 1 is 0.971 bits per heavy atom. The van der Waals surface area contributed by atoms with E-state index in [1.54, 1.807) is 5.57 Å². The van der Waals surface area contributed by atoms with Gasteiger partial charge in [-0.1, -0.05) is 42.0 Å². The maximum atomic E-state index is 4.66. The van der Waals surface area contributed by atoms with Crippen molar-refractivity contribution in [2.75, 3.05) is 13.1 Å². The summed E-state index contributed by atoms with van der Waals surface area (Å²) in [5.74, 6) is 3.25. The van der Waals surface area contributed by atoms with Crippen molar-refractivity contribution < 1.29 is 0 Å². The molecule has 0 radical (unpaired) electrons. The van der Waals surface area contributed by atoms with Gasteiger partial charge in [0.2, 0.25) is 0 Å². The molecule has 0 amide bonds. The van der Waals surface area contributed by atoms with Crippen molar-refractivity contribution in [1.29, 1.82) is 0 Å². The molecule has 2 aromatic rings. The summed E-state index contributed by atoms with van der Waals surface area (Å²) in [5.41, 5.74) is 4.33. The van der Waals surface area contributed by atoms with E-state index in [1.807, 2.05) is 6.20 Å². The van der Waals surface area contributed by atoms with Crippen LogP contribution >= 0.6 is 0 Å². The molecule has 0 spiro atoms. The molecule has 34 heavy (non-hydrogen) atoms. The molecule has 0 saturated heterocycles. The Bertz CT molecular complexity index is 972. The molecule has 182 valence electrons. The quantitative estimate of drug-likeness (QED) is 0.461. The zero-order chi connectivity index (χ0) is 23.8. The number of rotatable bonds is 5. The van der Waals surface area contributed by atoms with Crippen molar-refractivity contribution in [2.45, 2.75) is 71.1 Å². The van der Waals surface area contributed by atoms with Crippen molar-refractivity contribution in [3.8, 4) is 0 Å². The number of allylic oxidation sites excluding steroid dienone is 2. The average Bonchev–Trinajstić information content (AvgIpc) is 2.90. The van der Waals surface area contributed by atoms with Gasteiger partial charge in [0.1, 0.15) is 0 Å². The maximum absolute atomic E-state index is 4.66. The van der Waals surface area contributed by atoms with Crippen molar-refractivity contribution in [1.82, 2.24) is 10.3 Å². The second-order valence-electron chi connectivity index (χ2n) is 10.8. The molecular weight excluding hydrogens is 412 g/mol. The smallest absolute Gasteiger partial charge is 0.0412 e. The van der Waals surface area contributed by atoms with Gasteiger partial charge in [-0.05, 0) is 118 Å². The number of hydrogen-bond acceptors (Lipinski definition) is 2. The Morgan fingerprint density at radius 2 is 1.68 bits per heavy atom. The van der Waals surface area contributed by atoms with E-state index in [0.717, 1.165) is 36.6 Å². The van der Waals surface area contributed by atoms with Crippen LogP contribution < -0.4 is 5.32 Å². The van der Waals surface area contributed by atoms with E-state index in [-0.39, 0.29) is 0 Å². The number of nitrogens with zero attached hydrogens (tertiary/aromatic N) is 1. The fourth-order valence-electron chi connectivity index (χ4n) is 6.14. The predicted octanol–water partition coefficient (Wildman–Crippen LogP) is 7.98. The summed E-state index contributed by atoms with van der Waals surface area (Å²) in [7, 11) is 0. The third-order valence-electron chi connectivity index (χ3n) is 8.49. The molecule has 0 unspecified atom stereocenters. The number of aryl methyl sites for hydroxylation is 1. The predicted molar refractivity (Wildman–Crippen MR) is 147 cm³/mol. The number of nitrogens with one attached hydrogen (secondary N) is 1. The number of hydrogen-bond donors (Lipinski definition) is 1. The fourth-order valence-corrected chi connectivity index (χ4v) is 6.14. The Balaban J connectivity index is 0.000000172. The summed E-state index contributed by atoms with van der Waals surface area (Å²) in [6, 6.07) is 8.73. The highest BCUT2D eigenvalue weighted by Gasteiger charge is 2.22. The minimum atomic E-state index is 0.748. The first-order valence-corrected chi connectivity index (χ1v) is 13.6. The molecule has 5 rings (SSSR count). The molecule has 3 aliphatic rings. The van der Waals surface area contributed by atoms with Crippen molar-refractivity contribution in [3.63, 3.8) is 0 Å². The lowest BCUT2D eigenvalue weighted by atomic mass is 9.77. The average molecular weight is 457 g/mol. The molecular formula is C32H44N2. The summed E-state index contributed by atoms with van der Waals surface area (Å²) in [6.07, 6.45) is 21.9. The highest BCUT2D eigenvalue weighted by molar-refractivity contribution is 5.85. The second-order valence-corrected chi connectivity index (χ2v) is 10.8. The lowest BCUT2D eigenvalue weighted by molar-refractivity contribution is 0.308. The largest absolute Gasteiger partial charge is 0.313 e. The SMILES string of the molecule is C=CC1CCC(C2=CCNCC2)CC1.C=CC1CCC(Cc2cc3c(C)cccc3cn2)CC1. The molecule has 1 N–H and O–H groups in total. The number of fused-ring (bicyclic) bond motifs is 1. The Hall–Kier alpha value is -2.19. The lowest BCUT2D eigenvalue weighted by Crippen LogP contribution is -2.25. The van der Waals surface area contributed by atoms with Gasteiger partial charge in [0.15, 0.2) is 0 Å². The van der Waals surface area contributed by atoms with Gasteiger partial charge in [0, 0.05) is 23.8 Å². The van der Waals surface area contributed by atoms with Crippen LogP contribution in [0.3, 0.4) is 0 Å². The minimum absolute atomic E-state index is 0.748. The van der Waals surface area contributed by atoms with Gasteiger partial charge < -0.3 is 5.32 Å². The fraction of sp³-hybridized carbons (Fsp3) is 0.531. The topological polar surface area (TPSA) is 24.9 Å². The highest BCUT2D eigenvalue weighted by Crippen LogP contribution is 2.35. The van der Waals surface area contributed by atoms with Crippen LogP contribution in [0.25, 0.3) is 10.8 Å². The molecule has 1 aromatic carbocycles. The summed E-state index contributed by atoms with van der Waals surface area (Å²) >= 11 is 0. The maximum Gasteiger partial charge on any atom is 0.0412 e. The zero-order valence-corrected chi connectivity index (χ0v) is 21.3. The van der Waals surface area contributed by atoms with Gasteiger partial charge in [-0.25, -0.2) is 0 Å². The molecule has 1 aromatic heterocycles. The van der Waals surface area contributed by atoms with Crippen LogP contribution in [0.4, 0.5) is 0 Å². The van der Waals surface area contributed by atoms with Gasteiger partial charge in [0.05, 0.1) is 0 Å². The highest BCUT2D eigenvalue weighted by atomic mass is 14.8. The summed E-state index contributed by atoms with van der Waals surface area (Å²) in [5, 5.41) is 5.99. The first-order valence-electron chi connectivity index (χ1n) is 13.6. The molecule has 0 bridgehead atoms. The Kier molecular flexibility index (Phi) is 9.16. The second kappa shape index (κ2) is 12.5. The van der Waals surface area contributed by atoms with Crippen molar-refractivity contribution in [2.24, 2.45) is 23.7 Å². The molecule has 2 saturated carbocycles. The van der Waals surface area contributed by atoms with E-state index < -0.39 is 0 Å². The van der Waals surface area contributed by atoms with Crippen LogP contribution in [-0.4, -0.2) is 18.1 Å². The molecule has 2 fully saturated rings. The summed E-state index contributed by atoms with van der Waals surface area (Å²) in [6.45, 7) is 12.3. The molecule has 1 aliphatic heterocycles. The van der Waals surface area contributed by atoms with Gasteiger partial charge in [-0.2, -0.15) is 0 Å². The van der Waals surface area contributed by atoms with Crippen LogP contribution in [0, 0.1) is 30.6 Å². The van der Waals surface area contributed by atoms with E-state index in [2.05, 4.69) is 72.9 Å². The third-order valence-corrected chi connectivity index (χ3v) is 8.49. The van der Waals surface area contributed by atoms with Crippen molar-refractivity contribution in [3.05, 3.63) is 78.7 Å². The van der Waals surface area contributed by atoms with E-state index in [4.69, 9.17) is 0 Å². The summed E-state index contributed by atoms with van der Waals surface area (Å²) in [4.78, 5) is 4.66. The lowest BCUT2D eigenvalue weighted by Gasteiger charge is -2.30. The van der Waals surface area contributed by atoms with Crippen LogP contribution in [0.5, 0.6) is 0 Å². The molecule has 0 atom stereocenters. The first kappa shape index (κ1) is 24.9. The zero-order valence-electron chi connectivity index (χ0n) is 21.3. The van der Waals surface area contributed by atoms with E-state index in [1.165, 1.54) is 86.4 Å². The van der Waals surface area contributed by atoms with E-state index in [0.29, 0.717) is 0 Å². The van der Waals surface area contributed by atoms with Crippen molar-refractivity contribution >= 4 is 10.8 Å². The third kappa shape index (κ3) is 6.69. The monoisotopic (exact) mass is 456 g/mol. The van der Waals surface area contributed by atoms with E-state index in [9.17, 15) is 0 Å². The van der Waals surface area contributed by atoms with Crippen LogP contribution in [-0.2, 0) is 6.42 Å². The molecule has 2 aliphatic carbocycles. The standard InChI is InChI=1S/C19H23N.C13H21N/c1-3-15-7-9-16(10-8-15)11-18-12-19-14(2)5-4-6-17(19)13-20-18;1-2-11-3-5-12(6-4-11)13-7-9-14-10-8-13/h3-6,12-13,15-16H,1,7-11H2,2H3;2,7,11-12,14H,1,3-6,8-10H2. The van der Waals surface area contributed by atoms with Crippen LogP contribution in [0.15, 0.2) is 67.4 Å². The first-order chi connectivity index (χ1) is 16.7. The summed E-state index contributed by atoms with van der Waals surface area (Å²) < 4.78 is 0. The molecule has 2 heterocycles. The van der Waals surface area contributed by atoms with E-state index >= 15 is 0 Å². The molecule has 2 heteroatoms. The van der Waals surface area contributed by atoms with Gasteiger partial charge in [0.25, 0.3) is 0 Å². The normalized spacial score (nSPS) is 27.3. The van der Waals surface area contributed by atoms with Gasteiger partial charge in [-0.15, -0.1) is 13.2 Å². The van der Waals surface area contributed by atoms with Gasteiger partial charge >= 0.3 is 0 Å². The van der Waals surface area contributed by atoms with Crippen LogP contribution in [0.2, 0.25) is 0 Å². The van der Waals surface area contributed by atoms with Crippen LogP contribution in [0.1, 0.15) is 69.0 Å². The minimum Gasteiger partial charge on any atom is -0.313 e. The molecule has 2 nitrogen and oxygen atoms in total.